The van der Waals surface area contributed by atoms with Crippen LogP contribution in [0.25, 0.3) is 44.1 Å². The molecule has 0 saturated carbocycles. The second kappa shape index (κ2) is 17.4. The number of hydrogen-bond acceptors (Lipinski definition) is 16. The lowest BCUT2D eigenvalue weighted by atomic mass is 9.77. The Kier molecular flexibility index (Phi) is 9.93. The summed E-state index contributed by atoms with van der Waals surface area (Å²) in [6.45, 7) is 8.73. The van der Waals surface area contributed by atoms with Crippen LogP contribution in [0.1, 0.15) is 122 Å². The maximum atomic E-state index is 7.28. The number of H-pyrrole nitrogens is 4. The molecule has 17 rings (SSSR count). The molecule has 0 fully saturated rings. The minimum absolute atomic E-state index is 0.247. The predicted octanol–water partition coefficient (Wildman–Crippen LogP) is 15.6. The van der Waals surface area contributed by atoms with Gasteiger partial charge in [-0.15, -0.1) is 0 Å². The van der Waals surface area contributed by atoms with Crippen LogP contribution in [-0.4, -0.2) is 39.9 Å². The number of aromatic amines is 4. The lowest BCUT2D eigenvalue weighted by Gasteiger charge is -2.29. The molecule has 0 spiro atoms. The van der Waals surface area contributed by atoms with Gasteiger partial charge in [0.25, 0.3) is 0 Å². The number of aromatic nitrogens is 8. The number of ether oxygens (including phenoxy) is 8. The van der Waals surface area contributed by atoms with Gasteiger partial charge in [-0.05, 0) is 49.9 Å². The van der Waals surface area contributed by atoms with E-state index in [-0.39, 0.29) is 47.5 Å². The quantitative estimate of drug-likeness (QED) is 0.0812. The molecule has 8 aromatic carbocycles. The summed E-state index contributed by atoms with van der Waals surface area (Å²) < 4.78 is 58.2. The Balaban J connectivity index is 1.04. The van der Waals surface area contributed by atoms with Crippen molar-refractivity contribution in [3.8, 4) is 92.0 Å². The standard InChI is InChI=1S/C64H52N12O8/c1-5-25-29-9-31-26(6-2)33-11-35-28(8-4)36-12-34-27(7-3)32-10-30(25)46-22-48(32)80-56-16-40-42(74-63(67)72-40)18-58(56)82-50(34)24-52(36)84-60-20-44-43(75-64(68)76-44)19-59(60)83-51(35)23-49(33)81-57-17-41-39(71-62(66)73-41)15-55(57)79-47(31)21-45(29)77-53-13-37-38(14-54(53)78-46)70-61(65)69-37/h9-28H,5-8H2,1-4H3,(H3,65,69,70)(H3,66,71,73)(H3,67,72,74)(H3,68,75,76). The highest BCUT2D eigenvalue weighted by atomic mass is 16.5. The number of rotatable bonds is 4. The normalized spacial score (nSPS) is 17.5. The molecule has 0 amide bonds. The third-order valence-corrected chi connectivity index (χ3v) is 17.2. The summed E-state index contributed by atoms with van der Waals surface area (Å²) in [7, 11) is 0. The Morgan fingerprint density at radius 2 is 0.440 bits per heavy atom. The number of anilines is 4. The molecule has 4 unspecified atom stereocenters. The molecule has 12 N–H and O–H groups in total. The molecule has 20 heteroatoms. The van der Waals surface area contributed by atoms with E-state index in [4.69, 9.17) is 60.8 Å². The van der Waals surface area contributed by atoms with Crippen LogP contribution in [0.3, 0.4) is 0 Å². The fraction of sp³-hybridized carbons (Fsp3) is 0.188. The number of nitrogens with two attached hydrogens (primary N) is 4. The van der Waals surface area contributed by atoms with Crippen molar-refractivity contribution in [2.24, 2.45) is 0 Å². The van der Waals surface area contributed by atoms with Crippen LogP contribution in [0.4, 0.5) is 23.8 Å². The van der Waals surface area contributed by atoms with E-state index in [1.54, 1.807) is 0 Å². The predicted molar refractivity (Wildman–Crippen MR) is 317 cm³/mol. The van der Waals surface area contributed by atoms with Crippen molar-refractivity contribution in [3.63, 3.8) is 0 Å². The number of nitrogen functional groups attached to an aromatic ring is 4. The summed E-state index contributed by atoms with van der Waals surface area (Å²) in [6, 6.07) is 31.8. The smallest absolute Gasteiger partial charge is 0.198 e. The summed E-state index contributed by atoms with van der Waals surface area (Å²) in [5.41, 5.74) is 37.5. The third kappa shape index (κ3) is 7.18. The largest absolute Gasteiger partial charge is 0.453 e. The molecular weight excluding hydrogens is 1060 g/mol. The minimum Gasteiger partial charge on any atom is -0.453 e. The van der Waals surface area contributed by atoms with Gasteiger partial charge in [0.05, 0.1) is 44.1 Å². The first-order valence-corrected chi connectivity index (χ1v) is 28.2. The van der Waals surface area contributed by atoms with Gasteiger partial charge < -0.3 is 80.8 Å². The maximum Gasteiger partial charge on any atom is 0.198 e. The van der Waals surface area contributed by atoms with Crippen LogP contribution in [-0.2, 0) is 0 Å². The number of fused-ring (bicyclic) bond motifs is 8. The molecule has 84 heavy (non-hydrogen) atoms. The third-order valence-electron chi connectivity index (χ3n) is 17.2. The summed E-state index contributed by atoms with van der Waals surface area (Å²) in [6.07, 6.45) is 2.51. The zero-order chi connectivity index (χ0) is 56.5. The van der Waals surface area contributed by atoms with Crippen LogP contribution in [0.5, 0.6) is 92.0 Å². The molecule has 416 valence electrons. The Labute approximate surface area is 477 Å². The van der Waals surface area contributed by atoms with Crippen molar-refractivity contribution >= 4 is 67.9 Å². The first kappa shape index (κ1) is 48.0. The molecule has 5 aliphatic rings. The van der Waals surface area contributed by atoms with Crippen molar-refractivity contribution in [2.75, 3.05) is 22.9 Å². The summed E-state index contributed by atoms with van der Waals surface area (Å²) in [5, 5.41) is 0. The molecule has 4 aliphatic heterocycles. The molecule has 0 saturated heterocycles. The number of nitrogens with zero attached hydrogens (tertiary/aromatic N) is 4. The topological polar surface area (TPSA) is 293 Å². The van der Waals surface area contributed by atoms with Crippen molar-refractivity contribution in [2.45, 2.75) is 77.0 Å². The first-order valence-electron chi connectivity index (χ1n) is 28.2. The average Bonchev–Trinajstić information content (AvgIpc) is 4.04. The van der Waals surface area contributed by atoms with Crippen molar-refractivity contribution in [1.82, 2.24) is 39.9 Å². The van der Waals surface area contributed by atoms with Gasteiger partial charge in [0, 0.05) is 141 Å². The van der Waals surface area contributed by atoms with E-state index in [1.165, 1.54) is 0 Å². The first-order chi connectivity index (χ1) is 40.9. The SMILES string of the molecule is CCC1c2cc3c4cc2Oc2cc5nc(N)[nH]c5cc2Oc2cc5c(cc21)C(CC)c1cc2c(cc1Oc1cc6[nH]c(N)nc6cc1O5)Oc1cc5nc(N)[nH]c5cc1Oc1cc(c(cc1C2CC)C3CC)Oc1cc2[nH]c(N)nc2cc1O4. The van der Waals surface area contributed by atoms with E-state index in [9.17, 15) is 0 Å². The van der Waals surface area contributed by atoms with Crippen LogP contribution in [0.15, 0.2) is 97.1 Å². The Morgan fingerprint density at radius 1 is 0.262 bits per heavy atom. The van der Waals surface area contributed by atoms with Crippen molar-refractivity contribution in [1.29, 1.82) is 0 Å². The van der Waals surface area contributed by atoms with Gasteiger partial charge >= 0.3 is 0 Å². The van der Waals surface area contributed by atoms with Gasteiger partial charge in [0.2, 0.25) is 0 Å². The number of benzene rings is 8. The van der Waals surface area contributed by atoms with Crippen molar-refractivity contribution in [3.05, 3.63) is 142 Å². The lowest BCUT2D eigenvalue weighted by Crippen LogP contribution is -2.12. The lowest BCUT2D eigenvalue weighted by molar-refractivity contribution is 0.401. The minimum atomic E-state index is -0.336. The fourth-order valence-corrected chi connectivity index (χ4v) is 13.4. The average molecular weight is 1120 g/mol. The Bertz CT molecular complexity index is 4000. The number of hydrogen-bond donors (Lipinski definition) is 8. The highest BCUT2D eigenvalue weighted by molar-refractivity contribution is 5.86. The maximum absolute atomic E-state index is 7.28. The van der Waals surface area contributed by atoms with Crippen molar-refractivity contribution < 1.29 is 37.9 Å². The highest BCUT2D eigenvalue weighted by Gasteiger charge is 2.38. The van der Waals surface area contributed by atoms with Gasteiger partial charge in [0.1, 0.15) is 46.0 Å². The second-order valence-corrected chi connectivity index (χ2v) is 22.1. The van der Waals surface area contributed by atoms with Crippen LogP contribution < -0.4 is 60.8 Å². The zero-order valence-electron chi connectivity index (χ0n) is 45.7. The monoisotopic (exact) mass is 1120 g/mol. The Hall–Kier alpha value is -10.8. The van der Waals surface area contributed by atoms with Gasteiger partial charge in [-0.1, -0.05) is 27.7 Å². The van der Waals surface area contributed by atoms with Gasteiger partial charge in [-0.25, -0.2) is 19.9 Å². The number of imidazole rings is 4. The van der Waals surface area contributed by atoms with Crippen LogP contribution >= 0.6 is 0 Å². The van der Waals surface area contributed by atoms with E-state index in [0.29, 0.717) is 162 Å². The van der Waals surface area contributed by atoms with Gasteiger partial charge in [-0.3, -0.25) is 0 Å². The van der Waals surface area contributed by atoms with Crippen LogP contribution in [0, 0.1) is 0 Å². The fourth-order valence-electron chi connectivity index (χ4n) is 13.4. The molecule has 8 bridgehead atoms. The molecule has 8 heterocycles. The van der Waals surface area contributed by atoms with Gasteiger partial charge in [-0.2, -0.15) is 0 Å². The molecule has 1 aliphatic carbocycles. The highest BCUT2D eigenvalue weighted by Crippen LogP contribution is 2.59. The van der Waals surface area contributed by atoms with E-state index < -0.39 is 0 Å². The van der Waals surface area contributed by atoms with Crippen LogP contribution in [0.2, 0.25) is 0 Å². The van der Waals surface area contributed by atoms with E-state index >= 15 is 0 Å². The molecular formula is C64H52N12O8. The molecule has 4 atom stereocenters. The van der Waals surface area contributed by atoms with E-state index in [1.807, 2.05) is 72.8 Å². The zero-order valence-corrected chi connectivity index (χ0v) is 45.7. The van der Waals surface area contributed by atoms with E-state index in [2.05, 4.69) is 91.8 Å². The summed E-state index contributed by atoms with van der Waals surface area (Å²) in [4.78, 5) is 31.3. The van der Waals surface area contributed by atoms with Gasteiger partial charge in [0.15, 0.2) is 69.8 Å². The molecule has 0 radical (unpaired) electrons. The molecule has 4 aromatic heterocycles. The molecule has 12 aromatic rings. The summed E-state index contributed by atoms with van der Waals surface area (Å²) >= 11 is 0. The number of nitrogens with one attached hydrogen (secondary N) is 4. The Morgan fingerprint density at radius 3 is 0.619 bits per heavy atom. The van der Waals surface area contributed by atoms with E-state index in [0.717, 1.165) is 44.5 Å². The molecule has 20 nitrogen and oxygen atoms in total. The second-order valence-electron chi connectivity index (χ2n) is 22.1. The summed E-state index contributed by atoms with van der Waals surface area (Å²) in [5.74, 6) is 7.28.